The summed E-state index contributed by atoms with van der Waals surface area (Å²) in [5, 5.41) is -0.401. The lowest BCUT2D eigenvalue weighted by Gasteiger charge is -1.70. The molecule has 0 fully saturated rings. The van der Waals surface area contributed by atoms with Crippen molar-refractivity contribution in [2.75, 3.05) is 0 Å². The quantitative estimate of drug-likeness (QED) is 0.410. The van der Waals surface area contributed by atoms with E-state index in [0.717, 1.165) is 0 Å². The maximum Gasteiger partial charge on any atom is 0.473 e. The van der Waals surface area contributed by atoms with E-state index >= 15 is 0 Å². The van der Waals surface area contributed by atoms with Crippen molar-refractivity contribution in [1.82, 2.24) is 0 Å². The zero-order valence-corrected chi connectivity index (χ0v) is 5.60. The molecule has 0 aromatic carbocycles. The van der Waals surface area contributed by atoms with Crippen LogP contribution in [0.2, 0.25) is 0 Å². The van der Waals surface area contributed by atoms with E-state index < -0.39 is 12.3 Å². The molecule has 0 N–H and O–H groups in total. The molecule has 0 saturated heterocycles. The molecule has 0 saturated carbocycles. The molecule has 4 heteroatoms. The first-order valence-corrected chi connectivity index (χ1v) is 4.08. The summed E-state index contributed by atoms with van der Waals surface area (Å²) >= 11 is 10.2. The lowest BCUT2D eigenvalue weighted by atomic mass is 11.0. The molecule has 2 atom stereocenters. The van der Waals surface area contributed by atoms with Crippen LogP contribution in [-0.2, 0) is 4.57 Å². The molecule has 36 valence electrons. The van der Waals surface area contributed by atoms with Crippen molar-refractivity contribution in [2.45, 2.75) is 12.0 Å². The van der Waals surface area contributed by atoms with Gasteiger partial charge in [0.15, 0.2) is 0 Å². The molecule has 0 aliphatic heterocycles. The average Bonchev–Trinajstić information content (AvgIpc) is 1.36. The van der Waals surface area contributed by atoms with Crippen LogP contribution in [0.25, 0.3) is 0 Å². The van der Waals surface area contributed by atoms with Crippen molar-refractivity contribution < 1.29 is 4.57 Å². The first-order chi connectivity index (χ1) is 2.64. The van der Waals surface area contributed by atoms with Crippen LogP contribution < -0.4 is 0 Å². The third-order valence-electron chi connectivity index (χ3n) is 0.280. The highest BCUT2D eigenvalue weighted by Gasteiger charge is 2.18. The predicted molar refractivity (Wildman–Crippen MR) is 28.8 cm³/mol. The summed E-state index contributed by atoms with van der Waals surface area (Å²) in [5.41, 5.74) is 0. The highest BCUT2D eigenvalue weighted by Crippen LogP contribution is 2.34. The highest BCUT2D eigenvalue weighted by atomic mass is 35.7. The SMILES string of the molecule is CC(Cl)[P+](=O)Cl. The van der Waals surface area contributed by atoms with Gasteiger partial charge in [-0.3, -0.25) is 0 Å². The molecular formula is C2H4Cl2OP+. The zero-order valence-electron chi connectivity index (χ0n) is 3.19. The summed E-state index contributed by atoms with van der Waals surface area (Å²) in [6.07, 6.45) is 0. The van der Waals surface area contributed by atoms with Crippen molar-refractivity contribution >= 4 is 30.0 Å². The molecule has 1 nitrogen and oxygen atoms in total. The number of hydrogen-bond donors (Lipinski definition) is 0. The van der Waals surface area contributed by atoms with Gasteiger partial charge in [0.25, 0.3) is 0 Å². The third kappa shape index (κ3) is 2.89. The van der Waals surface area contributed by atoms with Crippen LogP contribution in [0.4, 0.5) is 0 Å². The Labute approximate surface area is 47.2 Å². The van der Waals surface area contributed by atoms with Gasteiger partial charge in [0.2, 0.25) is 16.4 Å². The molecule has 2 unspecified atom stereocenters. The van der Waals surface area contributed by atoms with E-state index in [1.54, 1.807) is 6.92 Å². The summed E-state index contributed by atoms with van der Waals surface area (Å²) in [5.74, 6) is 0. The van der Waals surface area contributed by atoms with Crippen molar-refractivity contribution in [3.05, 3.63) is 0 Å². The number of hydrogen-bond acceptors (Lipinski definition) is 1. The van der Waals surface area contributed by atoms with E-state index in [1.165, 1.54) is 0 Å². The largest absolute Gasteiger partial charge is 0.473 e. The Hall–Kier alpha value is 0.680. The van der Waals surface area contributed by atoms with Crippen molar-refractivity contribution in [2.24, 2.45) is 0 Å². The van der Waals surface area contributed by atoms with E-state index in [1.807, 2.05) is 0 Å². The predicted octanol–water partition coefficient (Wildman–Crippen LogP) is 2.55. The van der Waals surface area contributed by atoms with Gasteiger partial charge in [0.1, 0.15) is 0 Å². The Balaban J connectivity index is 3.26. The second-order valence-electron chi connectivity index (χ2n) is 0.846. The summed E-state index contributed by atoms with van der Waals surface area (Å²) < 4.78 is 9.93. The summed E-state index contributed by atoms with van der Waals surface area (Å²) in [7, 11) is -1.67. The Morgan fingerprint density at radius 1 is 1.83 bits per heavy atom. The molecule has 0 amide bonds. The fourth-order valence-corrected chi connectivity index (χ4v) is 0. The van der Waals surface area contributed by atoms with Gasteiger partial charge in [-0.05, 0) is 6.92 Å². The smallest absolute Gasteiger partial charge is 0.0651 e. The fraction of sp³-hybridized carbons (Fsp3) is 1.00. The minimum atomic E-state index is -1.67. The van der Waals surface area contributed by atoms with Crippen LogP contribution >= 0.6 is 30.0 Å². The standard InChI is InChI=1S/C2H4Cl2OP/c1-2(3)6(4)5/h2H,1H3/q+1. The van der Waals surface area contributed by atoms with Crippen molar-refractivity contribution in [3.63, 3.8) is 0 Å². The van der Waals surface area contributed by atoms with Crippen LogP contribution in [0.1, 0.15) is 6.92 Å². The molecule has 0 rings (SSSR count). The Kier molecular flexibility index (Phi) is 3.10. The van der Waals surface area contributed by atoms with E-state index in [4.69, 9.17) is 22.8 Å². The van der Waals surface area contributed by atoms with Crippen LogP contribution in [0, 0.1) is 0 Å². The molecule has 0 radical (unpaired) electrons. The van der Waals surface area contributed by atoms with Gasteiger partial charge in [0.05, 0.1) is 0 Å². The third-order valence-corrected chi connectivity index (χ3v) is 2.55. The van der Waals surface area contributed by atoms with Crippen LogP contribution in [0.15, 0.2) is 0 Å². The monoisotopic (exact) mass is 145 g/mol. The molecular weight excluding hydrogens is 142 g/mol. The minimum Gasteiger partial charge on any atom is -0.0651 e. The second-order valence-corrected chi connectivity index (χ2v) is 4.12. The van der Waals surface area contributed by atoms with Gasteiger partial charge >= 0.3 is 7.15 Å². The van der Waals surface area contributed by atoms with Gasteiger partial charge in [-0.15, -0.1) is 0 Å². The lowest BCUT2D eigenvalue weighted by Crippen LogP contribution is -1.71. The molecule has 0 aromatic rings. The van der Waals surface area contributed by atoms with Gasteiger partial charge in [-0.2, -0.15) is 0 Å². The average molecular weight is 146 g/mol. The number of halogens is 2. The van der Waals surface area contributed by atoms with E-state index in [2.05, 4.69) is 0 Å². The van der Waals surface area contributed by atoms with E-state index in [0.29, 0.717) is 0 Å². The topological polar surface area (TPSA) is 17.1 Å². The number of alkyl halides is 1. The molecule has 0 heterocycles. The van der Waals surface area contributed by atoms with Crippen LogP contribution in [-0.4, -0.2) is 5.12 Å². The van der Waals surface area contributed by atoms with Gasteiger partial charge in [-0.1, -0.05) is 16.2 Å². The summed E-state index contributed by atoms with van der Waals surface area (Å²) in [6, 6.07) is 0. The highest BCUT2D eigenvalue weighted by molar-refractivity contribution is 7.75. The van der Waals surface area contributed by atoms with Gasteiger partial charge in [0, 0.05) is 0 Å². The summed E-state index contributed by atoms with van der Waals surface area (Å²) in [4.78, 5) is 0. The fourth-order valence-electron chi connectivity index (χ4n) is 0. The Morgan fingerprint density at radius 2 is 2.00 bits per heavy atom. The molecule has 0 bridgehead atoms. The molecule has 0 aliphatic rings. The van der Waals surface area contributed by atoms with Gasteiger partial charge in [-0.25, -0.2) is 0 Å². The first kappa shape index (κ1) is 6.68. The Morgan fingerprint density at radius 3 is 2.00 bits per heavy atom. The van der Waals surface area contributed by atoms with Crippen molar-refractivity contribution in [3.8, 4) is 0 Å². The molecule has 0 aromatic heterocycles. The van der Waals surface area contributed by atoms with Crippen LogP contribution in [0.5, 0.6) is 0 Å². The molecule has 6 heavy (non-hydrogen) atoms. The second kappa shape index (κ2) is 2.79. The maximum absolute atomic E-state index is 9.93. The first-order valence-electron chi connectivity index (χ1n) is 1.41. The normalized spacial score (nSPS) is 16.8. The molecule has 0 spiro atoms. The van der Waals surface area contributed by atoms with E-state index in [9.17, 15) is 4.57 Å². The zero-order chi connectivity index (χ0) is 5.15. The lowest BCUT2D eigenvalue weighted by molar-refractivity contribution is 0.595. The minimum absolute atomic E-state index is 0.401. The molecule has 0 aliphatic carbocycles. The van der Waals surface area contributed by atoms with Crippen molar-refractivity contribution in [1.29, 1.82) is 0 Å². The maximum atomic E-state index is 9.93. The number of rotatable bonds is 1. The Bertz CT molecular complexity index is 62.6. The van der Waals surface area contributed by atoms with Gasteiger partial charge < -0.3 is 0 Å². The van der Waals surface area contributed by atoms with E-state index in [-0.39, 0.29) is 0 Å². The summed E-state index contributed by atoms with van der Waals surface area (Å²) in [6.45, 7) is 1.59. The van der Waals surface area contributed by atoms with Crippen LogP contribution in [0.3, 0.4) is 0 Å².